The standard InChI is InChI=1S/C19H21FN2OS/c20-17-8-4-5-9-18(17)24-15-10-19(23)22-13-11-21(12-14-22)16-6-2-1-3-7-16/h1-9H,10-15H2. The third kappa shape index (κ3) is 4.29. The van der Waals surface area contributed by atoms with E-state index in [2.05, 4.69) is 17.0 Å². The lowest BCUT2D eigenvalue weighted by Crippen LogP contribution is -2.48. The van der Waals surface area contributed by atoms with Gasteiger partial charge in [-0.25, -0.2) is 4.39 Å². The minimum absolute atomic E-state index is 0.159. The number of thioether (sulfide) groups is 1. The van der Waals surface area contributed by atoms with Crippen molar-refractivity contribution in [3.8, 4) is 0 Å². The first-order valence-corrected chi connectivity index (χ1v) is 9.18. The third-order valence-corrected chi connectivity index (χ3v) is 5.21. The summed E-state index contributed by atoms with van der Waals surface area (Å²) in [5, 5.41) is 0. The summed E-state index contributed by atoms with van der Waals surface area (Å²) in [7, 11) is 0. The topological polar surface area (TPSA) is 23.6 Å². The van der Waals surface area contributed by atoms with Crippen LogP contribution in [-0.4, -0.2) is 42.7 Å². The molecule has 1 fully saturated rings. The minimum atomic E-state index is -0.216. The van der Waals surface area contributed by atoms with Crippen molar-refractivity contribution in [1.29, 1.82) is 0 Å². The molecule has 0 spiro atoms. The highest BCUT2D eigenvalue weighted by Crippen LogP contribution is 2.22. The first-order chi connectivity index (χ1) is 11.7. The van der Waals surface area contributed by atoms with Crippen LogP contribution in [0.5, 0.6) is 0 Å². The van der Waals surface area contributed by atoms with Gasteiger partial charge in [-0.3, -0.25) is 4.79 Å². The highest BCUT2D eigenvalue weighted by Gasteiger charge is 2.20. The van der Waals surface area contributed by atoms with Gasteiger partial charge in [-0.2, -0.15) is 0 Å². The Kier molecular flexibility index (Phi) is 5.75. The Bertz CT molecular complexity index is 672. The van der Waals surface area contributed by atoms with Crippen LogP contribution in [0.1, 0.15) is 6.42 Å². The fraction of sp³-hybridized carbons (Fsp3) is 0.316. The zero-order valence-corrected chi connectivity index (χ0v) is 14.3. The van der Waals surface area contributed by atoms with Gasteiger partial charge in [-0.05, 0) is 24.3 Å². The van der Waals surface area contributed by atoms with E-state index >= 15 is 0 Å². The SMILES string of the molecule is O=C(CCSc1ccccc1F)N1CCN(c2ccccc2)CC1. The molecule has 2 aromatic rings. The van der Waals surface area contributed by atoms with Gasteiger partial charge in [0.25, 0.3) is 0 Å². The predicted molar refractivity (Wildman–Crippen MR) is 97.0 cm³/mol. The van der Waals surface area contributed by atoms with Crippen LogP contribution >= 0.6 is 11.8 Å². The van der Waals surface area contributed by atoms with Gasteiger partial charge in [0.15, 0.2) is 0 Å². The summed E-state index contributed by atoms with van der Waals surface area (Å²) in [5.74, 6) is 0.552. The molecule has 126 valence electrons. The van der Waals surface area contributed by atoms with Crippen LogP contribution in [-0.2, 0) is 4.79 Å². The maximum atomic E-state index is 13.6. The average molecular weight is 344 g/mol. The Morgan fingerprint density at radius 2 is 1.62 bits per heavy atom. The first kappa shape index (κ1) is 16.8. The molecular formula is C19H21FN2OS. The number of halogens is 1. The normalized spacial score (nSPS) is 14.7. The summed E-state index contributed by atoms with van der Waals surface area (Å²) in [5.41, 5.74) is 1.21. The number of hydrogen-bond donors (Lipinski definition) is 0. The second-order valence-corrected chi connectivity index (χ2v) is 6.87. The Morgan fingerprint density at radius 3 is 2.33 bits per heavy atom. The number of amides is 1. The molecule has 0 bridgehead atoms. The highest BCUT2D eigenvalue weighted by atomic mass is 32.2. The molecule has 3 rings (SSSR count). The second-order valence-electron chi connectivity index (χ2n) is 5.73. The van der Waals surface area contributed by atoms with Crippen LogP contribution in [0.4, 0.5) is 10.1 Å². The maximum Gasteiger partial charge on any atom is 0.223 e. The Labute approximate surface area is 146 Å². The monoisotopic (exact) mass is 344 g/mol. The number of hydrogen-bond acceptors (Lipinski definition) is 3. The van der Waals surface area contributed by atoms with Gasteiger partial charge in [0.1, 0.15) is 5.82 Å². The Hall–Kier alpha value is -2.01. The number of carbonyl (C=O) groups excluding carboxylic acids is 1. The van der Waals surface area contributed by atoms with Crippen molar-refractivity contribution >= 4 is 23.4 Å². The summed E-state index contributed by atoms with van der Waals surface area (Å²) in [6.45, 7) is 3.21. The molecule has 1 heterocycles. The zero-order valence-electron chi connectivity index (χ0n) is 13.5. The van der Waals surface area contributed by atoms with Crippen molar-refractivity contribution in [2.45, 2.75) is 11.3 Å². The van der Waals surface area contributed by atoms with E-state index in [0.29, 0.717) is 17.1 Å². The lowest BCUT2D eigenvalue weighted by molar-refractivity contribution is -0.131. The smallest absolute Gasteiger partial charge is 0.223 e. The Morgan fingerprint density at radius 1 is 0.958 bits per heavy atom. The molecule has 0 aliphatic carbocycles. The van der Waals surface area contributed by atoms with E-state index in [9.17, 15) is 9.18 Å². The van der Waals surface area contributed by atoms with Crippen LogP contribution in [0.15, 0.2) is 59.5 Å². The van der Waals surface area contributed by atoms with E-state index in [0.717, 1.165) is 26.2 Å². The lowest BCUT2D eigenvalue weighted by atomic mass is 10.2. The van der Waals surface area contributed by atoms with Gasteiger partial charge in [0.05, 0.1) is 0 Å². The van der Waals surface area contributed by atoms with E-state index in [1.807, 2.05) is 29.2 Å². The largest absolute Gasteiger partial charge is 0.368 e. The number of anilines is 1. The molecule has 2 aromatic carbocycles. The molecule has 1 aliphatic rings. The van der Waals surface area contributed by atoms with Gasteiger partial charge in [-0.15, -0.1) is 11.8 Å². The summed E-state index contributed by atoms with van der Waals surface area (Å²) in [4.78, 5) is 17.1. The molecule has 0 saturated carbocycles. The first-order valence-electron chi connectivity index (χ1n) is 8.19. The number of carbonyl (C=O) groups is 1. The van der Waals surface area contributed by atoms with Gasteiger partial charge in [0, 0.05) is 48.9 Å². The van der Waals surface area contributed by atoms with Crippen molar-refractivity contribution in [3.63, 3.8) is 0 Å². The number of rotatable bonds is 5. The third-order valence-electron chi connectivity index (χ3n) is 4.16. The summed E-state index contributed by atoms with van der Waals surface area (Å²) >= 11 is 1.40. The van der Waals surface area contributed by atoms with Crippen LogP contribution in [0.25, 0.3) is 0 Å². The quantitative estimate of drug-likeness (QED) is 0.774. The molecule has 1 amide bonds. The molecule has 24 heavy (non-hydrogen) atoms. The second kappa shape index (κ2) is 8.20. The molecule has 0 N–H and O–H groups in total. The predicted octanol–water partition coefficient (Wildman–Crippen LogP) is 3.66. The van der Waals surface area contributed by atoms with E-state index in [-0.39, 0.29) is 11.7 Å². The van der Waals surface area contributed by atoms with Crippen molar-refractivity contribution in [2.75, 3.05) is 36.8 Å². The number of benzene rings is 2. The van der Waals surface area contributed by atoms with Crippen molar-refractivity contribution in [1.82, 2.24) is 4.90 Å². The molecule has 1 aliphatic heterocycles. The van der Waals surface area contributed by atoms with Crippen molar-refractivity contribution < 1.29 is 9.18 Å². The van der Waals surface area contributed by atoms with Crippen LogP contribution in [0.2, 0.25) is 0 Å². The Balaban J connectivity index is 1.43. The molecule has 0 unspecified atom stereocenters. The zero-order chi connectivity index (χ0) is 16.8. The summed E-state index contributed by atoms with van der Waals surface area (Å²) in [6.07, 6.45) is 0.449. The van der Waals surface area contributed by atoms with Crippen LogP contribution < -0.4 is 4.90 Å². The fourth-order valence-electron chi connectivity index (χ4n) is 2.82. The fourth-order valence-corrected chi connectivity index (χ4v) is 3.70. The molecule has 1 saturated heterocycles. The number of nitrogens with zero attached hydrogens (tertiary/aromatic N) is 2. The number of piperazine rings is 1. The van der Waals surface area contributed by atoms with Crippen molar-refractivity contribution in [3.05, 3.63) is 60.4 Å². The molecule has 3 nitrogen and oxygen atoms in total. The van der Waals surface area contributed by atoms with Crippen molar-refractivity contribution in [2.24, 2.45) is 0 Å². The molecular weight excluding hydrogens is 323 g/mol. The van der Waals surface area contributed by atoms with E-state index in [1.165, 1.54) is 23.5 Å². The van der Waals surface area contributed by atoms with Gasteiger partial charge >= 0.3 is 0 Å². The summed E-state index contributed by atoms with van der Waals surface area (Å²) in [6, 6.07) is 17.0. The average Bonchev–Trinajstić information content (AvgIpc) is 2.64. The van der Waals surface area contributed by atoms with E-state index in [1.54, 1.807) is 12.1 Å². The molecule has 0 atom stereocenters. The van der Waals surface area contributed by atoms with Crippen LogP contribution in [0.3, 0.4) is 0 Å². The molecule has 0 aromatic heterocycles. The lowest BCUT2D eigenvalue weighted by Gasteiger charge is -2.36. The van der Waals surface area contributed by atoms with Gasteiger partial charge < -0.3 is 9.80 Å². The van der Waals surface area contributed by atoms with Gasteiger partial charge in [0.2, 0.25) is 5.91 Å². The van der Waals surface area contributed by atoms with E-state index in [4.69, 9.17) is 0 Å². The molecule has 0 radical (unpaired) electrons. The van der Waals surface area contributed by atoms with Crippen LogP contribution in [0, 0.1) is 5.82 Å². The maximum absolute atomic E-state index is 13.6. The highest BCUT2D eigenvalue weighted by molar-refractivity contribution is 7.99. The molecule has 5 heteroatoms. The minimum Gasteiger partial charge on any atom is -0.368 e. The van der Waals surface area contributed by atoms with E-state index < -0.39 is 0 Å². The number of para-hydroxylation sites is 1. The summed E-state index contributed by atoms with van der Waals surface area (Å²) < 4.78 is 13.6. The van der Waals surface area contributed by atoms with Gasteiger partial charge in [-0.1, -0.05) is 30.3 Å².